The van der Waals surface area contributed by atoms with Crippen LogP contribution >= 0.6 is 24.0 Å². The van der Waals surface area contributed by atoms with Gasteiger partial charge in [-0.1, -0.05) is 24.3 Å². The first-order valence-corrected chi connectivity index (χ1v) is 9.71. The third-order valence-electron chi connectivity index (χ3n) is 4.11. The molecule has 0 aliphatic carbocycles. The second kappa shape index (κ2) is 13.8. The number of hydrogen-bond donors (Lipinski definition) is 2. The van der Waals surface area contributed by atoms with Crippen molar-refractivity contribution in [1.29, 1.82) is 0 Å². The molecular formula is C22H29F2IN4O2. The van der Waals surface area contributed by atoms with Crippen LogP contribution in [0.2, 0.25) is 0 Å². The summed E-state index contributed by atoms with van der Waals surface area (Å²) in [6.07, 6.45) is -2.51. The lowest BCUT2D eigenvalue weighted by molar-refractivity contribution is 0.0817. The molecule has 0 aliphatic rings. The van der Waals surface area contributed by atoms with Crippen molar-refractivity contribution in [2.75, 3.05) is 27.2 Å². The Bertz CT molecular complexity index is 846. The molecule has 0 aromatic heterocycles. The Morgan fingerprint density at radius 2 is 1.81 bits per heavy atom. The van der Waals surface area contributed by atoms with E-state index >= 15 is 0 Å². The van der Waals surface area contributed by atoms with Crippen LogP contribution in [0.25, 0.3) is 0 Å². The van der Waals surface area contributed by atoms with E-state index in [2.05, 4.69) is 15.6 Å². The fourth-order valence-electron chi connectivity index (χ4n) is 2.61. The number of nitrogens with one attached hydrogen (secondary N) is 2. The number of benzene rings is 2. The fraction of sp³-hybridized carbons (Fsp3) is 0.364. The number of ether oxygens (including phenoxy) is 1. The lowest BCUT2D eigenvalue weighted by Gasteiger charge is -2.13. The first-order chi connectivity index (χ1) is 14.4. The Kier molecular flexibility index (Phi) is 11.8. The number of nitrogens with zero attached hydrogens (tertiary/aromatic N) is 2. The number of carbonyl (C=O) groups is 1. The fourth-order valence-corrected chi connectivity index (χ4v) is 2.61. The molecule has 0 unspecified atom stereocenters. The average molecular weight is 546 g/mol. The number of amides is 1. The summed E-state index contributed by atoms with van der Waals surface area (Å²) in [4.78, 5) is 18.0. The minimum absolute atomic E-state index is 0. The highest BCUT2D eigenvalue weighted by molar-refractivity contribution is 14.0. The second-order valence-electron chi connectivity index (χ2n) is 6.79. The summed E-state index contributed by atoms with van der Waals surface area (Å²) >= 11 is 0. The van der Waals surface area contributed by atoms with Gasteiger partial charge in [0, 0.05) is 32.7 Å². The van der Waals surface area contributed by atoms with Gasteiger partial charge in [-0.05, 0) is 42.3 Å². The highest BCUT2D eigenvalue weighted by Crippen LogP contribution is 2.15. The van der Waals surface area contributed by atoms with Crippen molar-refractivity contribution in [2.45, 2.75) is 26.4 Å². The van der Waals surface area contributed by atoms with Crippen molar-refractivity contribution >= 4 is 35.8 Å². The largest absolute Gasteiger partial charge is 0.488 e. The van der Waals surface area contributed by atoms with Crippen molar-refractivity contribution in [2.24, 2.45) is 4.99 Å². The van der Waals surface area contributed by atoms with Crippen LogP contribution in [-0.2, 0) is 13.1 Å². The third-order valence-corrected chi connectivity index (χ3v) is 4.11. The van der Waals surface area contributed by atoms with E-state index in [0.29, 0.717) is 36.9 Å². The van der Waals surface area contributed by atoms with Gasteiger partial charge in [0.25, 0.3) is 12.3 Å². The topological polar surface area (TPSA) is 66.0 Å². The van der Waals surface area contributed by atoms with E-state index in [1.165, 1.54) is 4.90 Å². The van der Waals surface area contributed by atoms with E-state index in [4.69, 9.17) is 4.74 Å². The molecule has 1 amide bonds. The normalized spacial score (nSPS) is 11.0. The van der Waals surface area contributed by atoms with Crippen LogP contribution in [0.15, 0.2) is 53.5 Å². The molecular weight excluding hydrogens is 517 g/mol. The lowest BCUT2D eigenvalue weighted by Crippen LogP contribution is -2.36. The number of guanidine groups is 1. The average Bonchev–Trinajstić information content (AvgIpc) is 2.74. The maximum absolute atomic E-state index is 12.3. The van der Waals surface area contributed by atoms with Crippen LogP contribution in [0.5, 0.6) is 5.75 Å². The maximum Gasteiger partial charge on any atom is 0.272 e. The molecule has 31 heavy (non-hydrogen) atoms. The Morgan fingerprint density at radius 3 is 2.42 bits per heavy atom. The van der Waals surface area contributed by atoms with Gasteiger partial charge < -0.3 is 20.3 Å². The third kappa shape index (κ3) is 9.50. The van der Waals surface area contributed by atoms with E-state index in [1.807, 2.05) is 25.1 Å². The number of halogens is 3. The molecule has 2 rings (SSSR count). The Morgan fingerprint density at radius 1 is 1.10 bits per heavy atom. The van der Waals surface area contributed by atoms with Gasteiger partial charge in [0.2, 0.25) is 0 Å². The van der Waals surface area contributed by atoms with Gasteiger partial charge >= 0.3 is 0 Å². The van der Waals surface area contributed by atoms with Crippen LogP contribution < -0.4 is 15.4 Å². The quantitative estimate of drug-likeness (QED) is 0.285. The molecule has 0 aliphatic heterocycles. The summed E-state index contributed by atoms with van der Waals surface area (Å²) in [5, 5.41) is 6.42. The number of rotatable bonds is 9. The molecule has 0 fully saturated rings. The maximum atomic E-state index is 12.3. The molecule has 0 heterocycles. The Hall–Kier alpha value is -2.43. The predicted octanol–water partition coefficient (Wildman–Crippen LogP) is 3.91. The van der Waals surface area contributed by atoms with E-state index < -0.39 is 13.0 Å². The molecule has 0 saturated heterocycles. The van der Waals surface area contributed by atoms with Crippen LogP contribution in [0.3, 0.4) is 0 Å². The van der Waals surface area contributed by atoms with Gasteiger partial charge in [0.05, 0.1) is 6.54 Å². The standard InChI is InChI=1S/C22H28F2N4O2.HI/c1-4-25-22(26-13-16-8-10-18(11-9-16)21(29)28(2)3)27-14-17-6-5-7-19(12-17)30-15-20(23)24;/h5-12,20H,4,13-15H2,1-3H3,(H2,25,26,27);1H. The molecule has 2 aromatic carbocycles. The van der Waals surface area contributed by atoms with Crippen LogP contribution in [0.1, 0.15) is 28.4 Å². The van der Waals surface area contributed by atoms with E-state index in [1.54, 1.807) is 44.4 Å². The van der Waals surface area contributed by atoms with Gasteiger partial charge in [-0.2, -0.15) is 0 Å². The first-order valence-electron chi connectivity index (χ1n) is 9.71. The Labute approximate surface area is 199 Å². The zero-order valence-corrected chi connectivity index (χ0v) is 20.2. The highest BCUT2D eigenvalue weighted by Gasteiger charge is 2.08. The van der Waals surface area contributed by atoms with Crippen molar-refractivity contribution in [3.8, 4) is 5.75 Å². The molecule has 0 atom stereocenters. The van der Waals surface area contributed by atoms with Gasteiger partial charge in [-0.25, -0.2) is 13.8 Å². The summed E-state index contributed by atoms with van der Waals surface area (Å²) in [5.41, 5.74) is 2.50. The summed E-state index contributed by atoms with van der Waals surface area (Å²) < 4.78 is 29.7. The first kappa shape index (κ1) is 26.6. The number of aliphatic imine (C=N–C) groups is 1. The van der Waals surface area contributed by atoms with Gasteiger partial charge in [0.15, 0.2) is 5.96 Å². The van der Waals surface area contributed by atoms with Crippen molar-refractivity contribution < 1.29 is 18.3 Å². The molecule has 2 N–H and O–H groups in total. The Balaban J connectivity index is 0.00000480. The van der Waals surface area contributed by atoms with E-state index in [9.17, 15) is 13.6 Å². The van der Waals surface area contributed by atoms with E-state index in [0.717, 1.165) is 11.1 Å². The molecule has 2 aromatic rings. The van der Waals surface area contributed by atoms with Crippen LogP contribution in [0.4, 0.5) is 8.78 Å². The lowest BCUT2D eigenvalue weighted by atomic mass is 10.1. The zero-order valence-electron chi connectivity index (χ0n) is 17.9. The van der Waals surface area contributed by atoms with Crippen LogP contribution in [0, 0.1) is 0 Å². The summed E-state index contributed by atoms with van der Waals surface area (Å²) in [6.45, 7) is 2.95. The molecule has 0 bridgehead atoms. The predicted molar refractivity (Wildman–Crippen MR) is 129 cm³/mol. The zero-order chi connectivity index (χ0) is 21.9. The summed E-state index contributed by atoms with van der Waals surface area (Å²) in [6, 6.07) is 14.4. The van der Waals surface area contributed by atoms with Crippen molar-refractivity contribution in [3.63, 3.8) is 0 Å². The van der Waals surface area contributed by atoms with Crippen molar-refractivity contribution in [3.05, 3.63) is 65.2 Å². The minimum Gasteiger partial charge on any atom is -0.488 e. The highest BCUT2D eigenvalue weighted by atomic mass is 127. The van der Waals surface area contributed by atoms with E-state index in [-0.39, 0.29) is 29.9 Å². The smallest absolute Gasteiger partial charge is 0.272 e. The number of hydrogen-bond acceptors (Lipinski definition) is 3. The molecule has 6 nitrogen and oxygen atoms in total. The SMILES string of the molecule is CCNC(=NCc1cccc(OCC(F)F)c1)NCc1ccc(C(=O)N(C)C)cc1.I. The minimum atomic E-state index is -2.51. The van der Waals surface area contributed by atoms with Crippen LogP contribution in [-0.4, -0.2) is 50.4 Å². The molecule has 9 heteroatoms. The monoisotopic (exact) mass is 546 g/mol. The number of alkyl halides is 2. The molecule has 170 valence electrons. The molecule has 0 radical (unpaired) electrons. The molecule has 0 saturated carbocycles. The van der Waals surface area contributed by atoms with Crippen molar-refractivity contribution in [1.82, 2.24) is 15.5 Å². The summed E-state index contributed by atoms with van der Waals surface area (Å²) in [5.74, 6) is 0.988. The van der Waals surface area contributed by atoms with Gasteiger partial charge in [-0.15, -0.1) is 24.0 Å². The molecule has 0 spiro atoms. The summed E-state index contributed by atoms with van der Waals surface area (Å²) in [7, 11) is 3.44. The second-order valence-corrected chi connectivity index (χ2v) is 6.79. The van der Waals surface area contributed by atoms with Gasteiger partial charge in [0.1, 0.15) is 12.4 Å². The number of carbonyl (C=O) groups excluding carboxylic acids is 1. The van der Waals surface area contributed by atoms with Gasteiger partial charge in [-0.3, -0.25) is 4.79 Å².